The Bertz CT molecular complexity index is 351. The fraction of sp³-hybridized carbons (Fsp3) is 0.944. The van der Waals surface area contributed by atoms with E-state index >= 15 is 0 Å². The van der Waals surface area contributed by atoms with Crippen LogP contribution in [0.5, 0.6) is 0 Å². The second-order valence-corrected chi connectivity index (χ2v) is 8.87. The van der Waals surface area contributed by atoms with Crippen molar-refractivity contribution < 1.29 is 4.79 Å². The molecule has 2 nitrogen and oxygen atoms in total. The lowest BCUT2D eigenvalue weighted by Gasteiger charge is -2.47. The van der Waals surface area contributed by atoms with Crippen molar-refractivity contribution in [2.24, 2.45) is 16.7 Å². The van der Waals surface area contributed by atoms with Crippen molar-refractivity contribution in [2.45, 2.75) is 85.6 Å². The van der Waals surface area contributed by atoms with Crippen molar-refractivity contribution in [3.8, 4) is 0 Å². The number of fused-ring (bicyclic) bond motifs is 1. The van der Waals surface area contributed by atoms with Crippen LogP contribution in [0.2, 0.25) is 0 Å². The van der Waals surface area contributed by atoms with Gasteiger partial charge in [-0.15, -0.1) is 0 Å². The van der Waals surface area contributed by atoms with Gasteiger partial charge in [-0.25, -0.2) is 0 Å². The maximum Gasteiger partial charge on any atom is 0.228 e. The van der Waals surface area contributed by atoms with E-state index in [2.05, 4.69) is 39.5 Å². The summed E-state index contributed by atoms with van der Waals surface area (Å²) in [6.45, 7) is 12.0. The van der Waals surface area contributed by atoms with Gasteiger partial charge in [0.25, 0.3) is 0 Å². The zero-order valence-corrected chi connectivity index (χ0v) is 14.2. The van der Waals surface area contributed by atoms with Gasteiger partial charge in [0.15, 0.2) is 0 Å². The minimum Gasteiger partial charge on any atom is -0.339 e. The maximum absolute atomic E-state index is 13.1. The van der Waals surface area contributed by atoms with Crippen molar-refractivity contribution in [1.82, 2.24) is 4.90 Å². The molecule has 0 aromatic rings. The van der Waals surface area contributed by atoms with Gasteiger partial charge in [-0.1, -0.05) is 47.5 Å². The van der Waals surface area contributed by atoms with Crippen molar-refractivity contribution >= 4 is 5.91 Å². The molecule has 2 aliphatic rings. The summed E-state index contributed by atoms with van der Waals surface area (Å²) in [5, 5.41) is 0. The lowest BCUT2D eigenvalue weighted by Crippen LogP contribution is -2.53. The number of rotatable bonds is 2. The molecule has 2 atom stereocenters. The molecule has 2 heteroatoms. The normalized spacial score (nSPS) is 28.1. The van der Waals surface area contributed by atoms with E-state index < -0.39 is 0 Å². The summed E-state index contributed by atoms with van der Waals surface area (Å²) >= 11 is 0. The predicted octanol–water partition coefficient (Wildman–Crippen LogP) is 4.63. The maximum atomic E-state index is 13.1. The van der Waals surface area contributed by atoms with Gasteiger partial charge in [-0.2, -0.15) is 0 Å². The smallest absolute Gasteiger partial charge is 0.228 e. The van der Waals surface area contributed by atoms with E-state index in [0.29, 0.717) is 11.9 Å². The number of carbonyl (C=O) groups is 1. The number of carbonyl (C=O) groups excluding carboxylic acids is 1. The van der Waals surface area contributed by atoms with Crippen molar-refractivity contribution in [3.63, 3.8) is 0 Å². The van der Waals surface area contributed by atoms with E-state index in [9.17, 15) is 4.79 Å². The van der Waals surface area contributed by atoms with Crippen LogP contribution in [0, 0.1) is 16.7 Å². The zero-order chi connectivity index (χ0) is 15.0. The highest BCUT2D eigenvalue weighted by Gasteiger charge is 2.42. The Morgan fingerprint density at radius 1 is 1.00 bits per heavy atom. The van der Waals surface area contributed by atoms with E-state index in [4.69, 9.17) is 0 Å². The minimum atomic E-state index is -0.225. The number of piperidine rings is 1. The van der Waals surface area contributed by atoms with Gasteiger partial charge in [0, 0.05) is 18.0 Å². The molecule has 1 saturated carbocycles. The Balaban J connectivity index is 2.10. The highest BCUT2D eigenvalue weighted by molar-refractivity contribution is 5.82. The lowest BCUT2D eigenvalue weighted by atomic mass is 9.73. The van der Waals surface area contributed by atoms with Crippen LogP contribution in [0.3, 0.4) is 0 Å². The van der Waals surface area contributed by atoms with Gasteiger partial charge in [-0.3, -0.25) is 4.79 Å². The minimum absolute atomic E-state index is 0.209. The molecule has 2 fully saturated rings. The summed E-state index contributed by atoms with van der Waals surface area (Å²) in [5.41, 5.74) is -0.0154. The molecule has 0 aromatic heterocycles. The molecule has 0 aromatic carbocycles. The Labute approximate surface area is 125 Å². The Hall–Kier alpha value is -0.530. The van der Waals surface area contributed by atoms with Crippen LogP contribution in [0.15, 0.2) is 0 Å². The van der Waals surface area contributed by atoms with Crippen molar-refractivity contribution in [2.75, 3.05) is 6.54 Å². The monoisotopic (exact) mass is 279 g/mol. The van der Waals surface area contributed by atoms with Gasteiger partial charge in [0.1, 0.15) is 0 Å². The first-order valence-electron chi connectivity index (χ1n) is 8.52. The predicted molar refractivity (Wildman–Crippen MR) is 84.5 cm³/mol. The molecule has 2 unspecified atom stereocenters. The molecule has 1 aliphatic carbocycles. The van der Waals surface area contributed by atoms with Gasteiger partial charge in [0.05, 0.1) is 0 Å². The molecule has 2 rings (SSSR count). The fourth-order valence-electron chi connectivity index (χ4n) is 4.67. The summed E-state index contributed by atoms with van der Waals surface area (Å²) in [5.74, 6) is 1.19. The van der Waals surface area contributed by atoms with E-state index in [1.54, 1.807) is 0 Å². The summed E-state index contributed by atoms with van der Waals surface area (Å²) in [4.78, 5) is 15.3. The van der Waals surface area contributed by atoms with E-state index in [-0.39, 0.29) is 10.8 Å². The third-order valence-electron chi connectivity index (χ3n) is 5.06. The first kappa shape index (κ1) is 15.9. The average Bonchev–Trinajstić information content (AvgIpc) is 2.34. The lowest BCUT2D eigenvalue weighted by molar-refractivity contribution is -0.148. The number of likely N-dealkylation sites (tertiary alicyclic amines) is 1. The van der Waals surface area contributed by atoms with Crippen LogP contribution in [0.25, 0.3) is 0 Å². The first-order chi connectivity index (χ1) is 9.21. The Kier molecular flexibility index (Phi) is 4.51. The molecule has 0 N–H and O–H groups in total. The fourth-order valence-corrected chi connectivity index (χ4v) is 4.67. The van der Waals surface area contributed by atoms with Crippen molar-refractivity contribution in [1.29, 1.82) is 0 Å². The van der Waals surface area contributed by atoms with E-state index in [1.165, 1.54) is 38.5 Å². The summed E-state index contributed by atoms with van der Waals surface area (Å²) in [7, 11) is 0. The molecule has 20 heavy (non-hydrogen) atoms. The summed E-state index contributed by atoms with van der Waals surface area (Å²) < 4.78 is 0. The number of hydrogen-bond acceptors (Lipinski definition) is 1. The van der Waals surface area contributed by atoms with Crippen LogP contribution in [-0.2, 0) is 4.79 Å². The first-order valence-corrected chi connectivity index (χ1v) is 8.52. The molecule has 0 spiro atoms. The Morgan fingerprint density at radius 2 is 1.60 bits per heavy atom. The van der Waals surface area contributed by atoms with E-state index in [1.807, 2.05) is 0 Å². The topological polar surface area (TPSA) is 20.3 Å². The molecular formula is C18H33NO. The van der Waals surface area contributed by atoms with Gasteiger partial charge < -0.3 is 4.90 Å². The molecule has 1 amide bonds. The average molecular weight is 279 g/mol. The van der Waals surface area contributed by atoms with Crippen LogP contribution in [0.4, 0.5) is 0 Å². The summed E-state index contributed by atoms with van der Waals surface area (Å²) in [6, 6.07) is 0.546. The number of hydrogen-bond donors (Lipinski definition) is 0. The quantitative estimate of drug-likeness (QED) is 0.721. The SMILES string of the molecule is CC(C)(C)CC(C)(C)C(=O)N1CCCC2CCCCC21. The molecule has 1 aliphatic heterocycles. The molecule has 116 valence electrons. The molecular weight excluding hydrogens is 246 g/mol. The van der Waals surface area contributed by atoms with Crippen LogP contribution in [0.1, 0.15) is 79.6 Å². The second-order valence-electron chi connectivity index (χ2n) is 8.87. The molecule has 1 heterocycles. The third kappa shape index (κ3) is 3.56. The standard InChI is InChI=1S/C18H33NO/c1-17(2,3)13-18(4,5)16(20)19-12-8-10-14-9-6-7-11-15(14)19/h14-15H,6-13H2,1-5H3. The van der Waals surface area contributed by atoms with Gasteiger partial charge in [0.2, 0.25) is 5.91 Å². The highest BCUT2D eigenvalue weighted by Crippen LogP contribution is 2.40. The molecule has 0 radical (unpaired) electrons. The summed E-state index contributed by atoms with van der Waals surface area (Å²) in [6.07, 6.45) is 8.77. The van der Waals surface area contributed by atoms with Crippen molar-refractivity contribution in [3.05, 3.63) is 0 Å². The molecule has 0 bridgehead atoms. The van der Waals surface area contributed by atoms with Crippen LogP contribution in [-0.4, -0.2) is 23.4 Å². The zero-order valence-electron chi connectivity index (χ0n) is 14.2. The number of nitrogens with zero attached hydrogens (tertiary/aromatic N) is 1. The van der Waals surface area contributed by atoms with Gasteiger partial charge >= 0.3 is 0 Å². The van der Waals surface area contributed by atoms with Gasteiger partial charge in [-0.05, 0) is 43.4 Å². The van der Waals surface area contributed by atoms with Crippen LogP contribution >= 0.6 is 0 Å². The second kappa shape index (κ2) is 5.69. The molecule has 1 saturated heterocycles. The highest BCUT2D eigenvalue weighted by atomic mass is 16.2. The third-order valence-corrected chi connectivity index (χ3v) is 5.06. The largest absolute Gasteiger partial charge is 0.339 e. The Morgan fingerprint density at radius 3 is 2.25 bits per heavy atom. The van der Waals surface area contributed by atoms with E-state index in [0.717, 1.165) is 18.9 Å². The number of amides is 1. The van der Waals surface area contributed by atoms with Crippen LogP contribution < -0.4 is 0 Å².